The van der Waals surface area contributed by atoms with E-state index in [1.807, 2.05) is 84.9 Å². The fraction of sp³-hybridized carbons (Fsp3) is 0.404. The van der Waals surface area contributed by atoms with E-state index in [2.05, 4.69) is 72.4 Å². The van der Waals surface area contributed by atoms with Crippen molar-refractivity contribution in [1.82, 2.24) is 58.3 Å². The number of methoxy groups -OCH3 is 1. The number of esters is 1. The molecule has 9 atom stereocenters. The number of nitrogens with zero attached hydrogens (tertiary/aromatic N) is 12. The molecule has 3 saturated carbocycles. The zero-order chi connectivity index (χ0) is 93.2. The van der Waals surface area contributed by atoms with Gasteiger partial charge in [0, 0.05) is 158 Å². The third-order valence-corrected chi connectivity index (χ3v) is 28.1. The summed E-state index contributed by atoms with van der Waals surface area (Å²) in [7, 11) is 1.40. The van der Waals surface area contributed by atoms with Crippen LogP contribution in [0.4, 0.5) is 17.1 Å². The van der Waals surface area contributed by atoms with Gasteiger partial charge < -0.3 is 56.8 Å². The van der Waals surface area contributed by atoms with E-state index < -0.39 is 0 Å². The number of hydrogen-bond donors (Lipinski definition) is 2. The molecule has 26 nitrogen and oxygen atoms in total. The Morgan fingerprint density at radius 3 is 1.31 bits per heavy atom. The number of Topliss-reactive ketones (excluding diaryl/α,β-unsaturated/α-hetero) is 2. The molecule has 9 fully saturated rings. The van der Waals surface area contributed by atoms with Crippen LogP contribution < -0.4 is 15.0 Å². The molecule has 2 N–H and O–H groups in total. The predicted molar refractivity (Wildman–Crippen MR) is 497 cm³/mol. The predicted octanol–water partition coefficient (Wildman–Crippen LogP) is 17.7. The van der Waals surface area contributed by atoms with Crippen molar-refractivity contribution in [2.75, 3.05) is 72.5 Å². The van der Waals surface area contributed by atoms with E-state index in [0.29, 0.717) is 83.8 Å². The average Bonchev–Trinajstić information content (AvgIpc) is 1.57. The van der Waals surface area contributed by atoms with Gasteiger partial charge in [-0.05, 0) is 230 Å². The van der Waals surface area contributed by atoms with Gasteiger partial charge in [-0.1, -0.05) is 75.5 Å². The Hall–Kier alpha value is -9.32. The van der Waals surface area contributed by atoms with E-state index in [1.54, 1.807) is 62.4 Å². The molecule has 6 aromatic heterocycles. The number of imidazole rings is 3. The molecule has 135 heavy (non-hydrogen) atoms. The monoisotopic (exact) mass is 2150 g/mol. The fourth-order valence-electron chi connectivity index (χ4n) is 19.1. The number of carbonyl (C=O) groups excluding carboxylic acids is 4. The fourth-order valence-corrected chi connectivity index (χ4v) is 19.9. The van der Waals surface area contributed by atoms with Crippen LogP contribution in [0.5, 0.6) is 11.8 Å². The number of halogens is 7. The van der Waals surface area contributed by atoms with Crippen molar-refractivity contribution in [1.29, 1.82) is 5.26 Å². The number of nitrogens with one attached hydrogen (secondary N) is 1. The van der Waals surface area contributed by atoms with E-state index in [0.717, 1.165) is 230 Å². The van der Waals surface area contributed by atoms with Gasteiger partial charge >= 0.3 is 28.3 Å². The van der Waals surface area contributed by atoms with Gasteiger partial charge in [-0.3, -0.25) is 29.1 Å². The van der Waals surface area contributed by atoms with Gasteiger partial charge in [0.2, 0.25) is 17.3 Å². The molecular weight excluding hydrogens is 2050 g/mol. The molecule has 12 aromatic rings. The maximum absolute atomic E-state index is 14.2. The van der Waals surface area contributed by atoms with Crippen molar-refractivity contribution in [3.05, 3.63) is 275 Å². The van der Waals surface area contributed by atoms with E-state index in [9.17, 15) is 36.2 Å². The van der Waals surface area contributed by atoms with E-state index in [4.69, 9.17) is 91.9 Å². The van der Waals surface area contributed by atoms with E-state index >= 15 is 0 Å². The minimum atomic E-state index is -0.380. The zero-order valence-corrected chi connectivity index (χ0v) is 81.4. The Morgan fingerprint density at radius 2 is 0.956 bits per heavy atom. The summed E-state index contributed by atoms with van der Waals surface area (Å²) in [4.78, 5) is 94.4. The van der Waals surface area contributed by atoms with Crippen molar-refractivity contribution in [3.63, 3.8) is 0 Å². The number of alkyl halides is 1. The van der Waals surface area contributed by atoms with Crippen LogP contribution in [0.1, 0.15) is 160 Å². The minimum absolute atomic E-state index is 0. The second kappa shape index (κ2) is 45.5. The number of ketones is 2. The summed E-state index contributed by atoms with van der Waals surface area (Å²) >= 11 is 15.1. The molecule has 3 aliphatic carbocycles. The topological polar surface area (TPSA) is 299 Å². The van der Waals surface area contributed by atoms with Crippen LogP contribution in [0, 0.1) is 46.5 Å². The van der Waals surface area contributed by atoms with Gasteiger partial charge in [0.15, 0.2) is 11.6 Å². The maximum atomic E-state index is 14.2. The van der Waals surface area contributed by atoms with Crippen molar-refractivity contribution >= 4 is 108 Å². The average molecular weight is 2160 g/mol. The molecule has 0 spiro atoms. The Kier molecular flexibility index (Phi) is 34.3. The van der Waals surface area contributed by atoms with Gasteiger partial charge in [0.25, 0.3) is 0 Å². The van der Waals surface area contributed by atoms with Gasteiger partial charge in [-0.2, -0.15) is 9.15 Å². The SMILES string of the molecule is CC(=O)c1ccc2nc(CN3CCC4(c5cccc(OCc6ccc(Cl)cc6F)n5)CC4C3)n(C[C@@H]3CCO3)c2c1.CC(=O)c1ccc2nc(CN3CC[C@@]4(c5cccc(OCc6ccc(Cl)cc6F)n5)C[C@H]4C3)n(C[C@@H]3CCO3)c2c1.COC(=O)c1ccc2nc(CN3CCC4(c5cccc(=O)[nH]5)CC4C3)n(C[C@@H]3CCO3)c2c1.CSF.N#Cc1ccc(CBr)c(F)c1.O=[C-]OO.[Ag+].[Ag]. The number of benzene rings is 6. The quantitative estimate of drug-likeness (QED) is 0.00744. The number of likely N-dealkylation sites (tertiary alicyclic amines) is 3. The van der Waals surface area contributed by atoms with Crippen molar-refractivity contribution < 1.29 is 120 Å². The number of nitriles is 1. The summed E-state index contributed by atoms with van der Waals surface area (Å²) in [5, 5.41) is 16.6. The standard InChI is InChI=1S/2C32H32ClFN4O3.C25H28N4O4.C8H5BrFN.CH3FS.CHO3.2Ag/c2*1-20(39)21-6-8-27-28(13-21)38(17-25-9-12-40-25)30(35-27)18-37-11-10-32(15-23(32)16-37)29-3-2-4-31(36-29)41-19-22-5-7-24(33)14-26(22)34;1-32-24(31)16-5-6-19-20(11-16)29(14-18-7-10-33-18)22(26-19)15-28-9-8-25(12-17(25)13-28)21-3-2-4-23(30)27-21;9-4-7-2-1-6(5-11)3-8(7)10;1-3-2;2-1-4-3;;/h2*2-8,13-14,23,25H,9-12,15-19H2,1H3;2-6,11,17-18H,7-10,12-15H2,1H3,(H,27,30);1-3H,4H2;1H3;3H;;/q;;;;;-1;;+1/t23?,25-,32?;23-,25-,32+;17?,18-,25?;;;;;/m000...../s1. The summed E-state index contributed by atoms with van der Waals surface area (Å²) in [5.74, 6) is 4.34. The summed E-state index contributed by atoms with van der Waals surface area (Å²) in [6.45, 7) is 16.9. The molecule has 717 valence electrons. The number of carbonyl (C=O) groups is 3. The molecule has 4 unspecified atom stereocenters. The molecule has 0 bridgehead atoms. The van der Waals surface area contributed by atoms with Crippen LogP contribution in [-0.4, -0.2) is 178 Å². The van der Waals surface area contributed by atoms with Crippen LogP contribution >= 0.6 is 51.3 Å². The first-order valence-electron chi connectivity index (χ1n) is 44.4. The molecule has 9 aliphatic rings. The number of aromatic nitrogens is 9. The smallest absolute Gasteiger partial charge is 0.509 e. The Balaban J connectivity index is 0.000000148. The number of pyridine rings is 3. The summed E-state index contributed by atoms with van der Waals surface area (Å²) in [5.41, 5.74) is 12.9. The van der Waals surface area contributed by atoms with E-state index in [1.165, 1.54) is 31.6 Å². The van der Waals surface area contributed by atoms with Gasteiger partial charge in [0.1, 0.15) is 48.1 Å². The largest absolute Gasteiger partial charge is 1.00 e. The number of fused-ring (bicyclic) bond motifs is 6. The number of piperidine rings is 3. The van der Waals surface area contributed by atoms with Crippen LogP contribution in [0.15, 0.2) is 169 Å². The first kappa shape index (κ1) is 102. The third-order valence-electron chi connectivity index (χ3n) is 27.0. The second-order valence-corrected chi connectivity index (χ2v) is 36.9. The van der Waals surface area contributed by atoms with Crippen molar-refractivity contribution in [2.24, 2.45) is 17.8 Å². The molecule has 21 rings (SSSR count). The molecule has 1 radical (unpaired) electrons. The van der Waals surface area contributed by atoms with Crippen LogP contribution in [0.25, 0.3) is 33.1 Å². The van der Waals surface area contributed by atoms with Gasteiger partial charge in [0.05, 0.1) is 126 Å². The van der Waals surface area contributed by atoms with Gasteiger partial charge in [-0.25, -0.2) is 48.1 Å². The van der Waals surface area contributed by atoms with Gasteiger partial charge in [-0.15, -0.1) is 0 Å². The second-order valence-electron chi connectivity index (χ2n) is 35.2. The van der Waals surface area contributed by atoms with Crippen LogP contribution in [0.3, 0.4) is 0 Å². The summed E-state index contributed by atoms with van der Waals surface area (Å²) in [6, 6.07) is 49.9. The van der Waals surface area contributed by atoms with E-state index in [-0.39, 0.29) is 145 Å². The Labute approximate surface area is 832 Å². The van der Waals surface area contributed by atoms with Crippen molar-refractivity contribution in [2.45, 2.75) is 164 Å². The third kappa shape index (κ3) is 23.8. The molecule has 12 heterocycles. The first-order valence-corrected chi connectivity index (χ1v) is 47.4. The number of aromatic amines is 1. The number of H-pyrrole nitrogens is 1. The minimum Gasteiger partial charge on any atom is -0.509 e. The molecular formula is C99H101Ag2BrCl2F4N13O13S. The molecule has 6 aliphatic heterocycles. The normalized spacial score (nSPS) is 21.9. The van der Waals surface area contributed by atoms with Crippen LogP contribution in [-0.2, 0) is 147 Å². The maximum Gasteiger partial charge on any atom is 1.00 e. The Morgan fingerprint density at radius 1 is 0.570 bits per heavy atom. The summed E-state index contributed by atoms with van der Waals surface area (Å²) in [6.07, 6.45) is 11.5. The zero-order valence-electron chi connectivity index (χ0n) is 74.5. The molecule has 0 amide bonds. The summed E-state index contributed by atoms with van der Waals surface area (Å²) < 4.78 is 92.0. The Bertz CT molecular complexity index is 6150. The number of ether oxygens (including phenoxy) is 6. The molecule has 6 aromatic carbocycles. The number of hydrogen-bond acceptors (Lipinski definition) is 23. The number of rotatable bonds is 26. The van der Waals surface area contributed by atoms with Crippen molar-refractivity contribution in [3.8, 4) is 17.8 Å². The molecule has 6 saturated heterocycles. The molecule has 36 heteroatoms. The first-order chi connectivity index (χ1) is 64.4. The van der Waals surface area contributed by atoms with Crippen LogP contribution in [0.2, 0.25) is 10.0 Å².